The minimum absolute atomic E-state index is 0.0586. The Morgan fingerprint density at radius 2 is 2.12 bits per heavy atom. The van der Waals surface area contributed by atoms with Crippen molar-refractivity contribution in [2.75, 3.05) is 26.2 Å². The molecule has 1 aromatic heterocycles. The Hall–Kier alpha value is -2.08. The van der Waals surface area contributed by atoms with Crippen LogP contribution in [-0.2, 0) is 20.9 Å². The maximum Gasteiger partial charge on any atom is 0.242 e. The van der Waals surface area contributed by atoms with Crippen LogP contribution >= 0.6 is 0 Å². The normalized spacial score (nSPS) is 19.6. The molecular weight excluding hydrogens is 320 g/mol. The van der Waals surface area contributed by atoms with Gasteiger partial charge in [0.2, 0.25) is 11.8 Å². The molecular formula is C19H26N2O4. The van der Waals surface area contributed by atoms with Gasteiger partial charge in [-0.2, -0.15) is 0 Å². The van der Waals surface area contributed by atoms with E-state index in [4.69, 9.17) is 9.15 Å². The van der Waals surface area contributed by atoms with Crippen LogP contribution in [0.15, 0.2) is 35.5 Å². The highest BCUT2D eigenvalue weighted by molar-refractivity contribution is 5.87. The van der Waals surface area contributed by atoms with Crippen molar-refractivity contribution in [3.63, 3.8) is 0 Å². The first kappa shape index (κ1) is 17.7. The van der Waals surface area contributed by atoms with E-state index in [2.05, 4.69) is 6.58 Å². The summed E-state index contributed by atoms with van der Waals surface area (Å²) in [6, 6.07) is 3.66. The molecule has 2 aliphatic rings. The largest absolute Gasteiger partial charge is 0.467 e. The number of ether oxygens (including phenoxy) is 1. The Morgan fingerprint density at radius 1 is 1.28 bits per heavy atom. The first-order valence-electron chi connectivity index (χ1n) is 8.99. The SMILES string of the molecule is C=CCN(CC(=O)N(Cc1ccco1)CC1CCCO1)C(=O)C1CC1. The lowest BCUT2D eigenvalue weighted by molar-refractivity contribution is -0.142. The van der Waals surface area contributed by atoms with Crippen molar-refractivity contribution < 1.29 is 18.7 Å². The van der Waals surface area contributed by atoms with Crippen LogP contribution in [-0.4, -0.2) is 54.0 Å². The first-order valence-corrected chi connectivity index (χ1v) is 8.99. The van der Waals surface area contributed by atoms with Gasteiger partial charge in [-0.1, -0.05) is 6.08 Å². The fourth-order valence-electron chi connectivity index (χ4n) is 3.12. The molecule has 1 aliphatic heterocycles. The van der Waals surface area contributed by atoms with E-state index in [1.807, 2.05) is 12.1 Å². The summed E-state index contributed by atoms with van der Waals surface area (Å²) in [4.78, 5) is 28.6. The van der Waals surface area contributed by atoms with E-state index in [0.29, 0.717) is 19.6 Å². The maximum atomic E-state index is 12.9. The highest BCUT2D eigenvalue weighted by atomic mass is 16.5. The second kappa shape index (κ2) is 8.34. The molecule has 6 heteroatoms. The fraction of sp³-hybridized carbons (Fsp3) is 0.579. The van der Waals surface area contributed by atoms with Crippen molar-refractivity contribution in [2.24, 2.45) is 5.92 Å². The number of hydrogen-bond donors (Lipinski definition) is 0. The van der Waals surface area contributed by atoms with Crippen LogP contribution in [0.5, 0.6) is 0 Å². The molecule has 0 spiro atoms. The summed E-state index contributed by atoms with van der Waals surface area (Å²) in [5.74, 6) is 0.797. The van der Waals surface area contributed by atoms with E-state index in [9.17, 15) is 9.59 Å². The van der Waals surface area contributed by atoms with E-state index in [1.165, 1.54) is 0 Å². The van der Waals surface area contributed by atoms with Crippen molar-refractivity contribution in [3.8, 4) is 0 Å². The van der Waals surface area contributed by atoms with Gasteiger partial charge >= 0.3 is 0 Å². The lowest BCUT2D eigenvalue weighted by atomic mass is 10.2. The smallest absolute Gasteiger partial charge is 0.242 e. The third kappa shape index (κ3) is 4.95. The molecule has 0 aromatic carbocycles. The Kier molecular flexibility index (Phi) is 5.91. The number of furan rings is 1. The summed E-state index contributed by atoms with van der Waals surface area (Å²) in [5.41, 5.74) is 0. The van der Waals surface area contributed by atoms with E-state index in [0.717, 1.165) is 38.1 Å². The zero-order valence-electron chi connectivity index (χ0n) is 14.6. The molecule has 2 heterocycles. The van der Waals surface area contributed by atoms with E-state index < -0.39 is 0 Å². The molecule has 1 aliphatic carbocycles. The monoisotopic (exact) mass is 346 g/mol. The van der Waals surface area contributed by atoms with Crippen molar-refractivity contribution >= 4 is 11.8 Å². The number of nitrogens with zero attached hydrogens (tertiary/aromatic N) is 2. The van der Waals surface area contributed by atoms with Crippen LogP contribution in [0.4, 0.5) is 0 Å². The topological polar surface area (TPSA) is 63.0 Å². The minimum Gasteiger partial charge on any atom is -0.467 e. The molecule has 0 radical (unpaired) electrons. The Balaban J connectivity index is 1.65. The average molecular weight is 346 g/mol. The van der Waals surface area contributed by atoms with Gasteiger partial charge in [0.05, 0.1) is 18.9 Å². The molecule has 1 unspecified atom stereocenters. The molecule has 2 fully saturated rings. The quantitative estimate of drug-likeness (QED) is 0.643. The molecule has 1 saturated heterocycles. The van der Waals surface area contributed by atoms with Crippen LogP contribution < -0.4 is 0 Å². The number of amides is 2. The van der Waals surface area contributed by atoms with Crippen molar-refractivity contribution in [1.82, 2.24) is 9.80 Å². The van der Waals surface area contributed by atoms with Crippen LogP contribution in [0, 0.1) is 5.92 Å². The van der Waals surface area contributed by atoms with Crippen molar-refractivity contribution in [2.45, 2.75) is 38.3 Å². The van der Waals surface area contributed by atoms with Gasteiger partial charge in [0.25, 0.3) is 0 Å². The summed E-state index contributed by atoms with van der Waals surface area (Å²) in [7, 11) is 0. The van der Waals surface area contributed by atoms with E-state index >= 15 is 0 Å². The van der Waals surface area contributed by atoms with Gasteiger partial charge in [0, 0.05) is 25.6 Å². The van der Waals surface area contributed by atoms with Gasteiger partial charge < -0.3 is 19.0 Å². The first-order chi connectivity index (χ1) is 12.2. The standard InChI is InChI=1S/C19H26N2O4/c1-2-9-20(19(23)15-7-8-15)14-18(22)21(12-16-5-3-10-24-16)13-17-6-4-11-25-17/h2-3,5,10,15,17H,1,4,6-9,11-14H2. The van der Waals surface area contributed by atoms with Gasteiger partial charge in [0.1, 0.15) is 12.3 Å². The van der Waals surface area contributed by atoms with Crippen LogP contribution in [0.1, 0.15) is 31.4 Å². The van der Waals surface area contributed by atoms with Gasteiger partial charge in [-0.25, -0.2) is 0 Å². The highest BCUT2D eigenvalue weighted by Crippen LogP contribution is 2.31. The molecule has 1 atom stereocenters. The summed E-state index contributed by atoms with van der Waals surface area (Å²) >= 11 is 0. The number of rotatable bonds is 9. The summed E-state index contributed by atoms with van der Waals surface area (Å²) in [6.45, 7) is 5.85. The van der Waals surface area contributed by atoms with Crippen LogP contribution in [0.2, 0.25) is 0 Å². The molecule has 0 bridgehead atoms. The Morgan fingerprint density at radius 3 is 2.72 bits per heavy atom. The molecule has 2 amide bonds. The molecule has 136 valence electrons. The maximum absolute atomic E-state index is 12.9. The molecule has 1 saturated carbocycles. The number of carbonyl (C=O) groups excluding carboxylic acids is 2. The molecule has 25 heavy (non-hydrogen) atoms. The zero-order valence-corrected chi connectivity index (χ0v) is 14.6. The Bertz CT molecular complexity index is 589. The third-order valence-electron chi connectivity index (χ3n) is 4.64. The fourth-order valence-corrected chi connectivity index (χ4v) is 3.12. The predicted molar refractivity (Wildman–Crippen MR) is 92.6 cm³/mol. The highest BCUT2D eigenvalue weighted by Gasteiger charge is 2.34. The zero-order chi connectivity index (χ0) is 17.6. The van der Waals surface area contributed by atoms with E-state index in [-0.39, 0.29) is 30.4 Å². The van der Waals surface area contributed by atoms with Gasteiger partial charge in [-0.15, -0.1) is 6.58 Å². The second-order valence-electron chi connectivity index (χ2n) is 6.77. The molecule has 0 N–H and O–H groups in total. The van der Waals surface area contributed by atoms with Gasteiger partial charge in [0.15, 0.2) is 0 Å². The predicted octanol–water partition coefficient (Wildman–Crippen LogP) is 2.21. The molecule has 1 aromatic rings. The second-order valence-corrected chi connectivity index (χ2v) is 6.77. The Labute approximate surface area is 148 Å². The molecule has 3 rings (SSSR count). The average Bonchev–Trinajstić information content (AvgIpc) is 3.08. The summed E-state index contributed by atoms with van der Waals surface area (Å²) < 4.78 is 11.1. The minimum atomic E-state index is -0.0808. The summed E-state index contributed by atoms with van der Waals surface area (Å²) in [6.07, 6.45) is 7.16. The molecule has 6 nitrogen and oxygen atoms in total. The van der Waals surface area contributed by atoms with Crippen molar-refractivity contribution in [3.05, 3.63) is 36.8 Å². The third-order valence-corrected chi connectivity index (χ3v) is 4.64. The summed E-state index contributed by atoms with van der Waals surface area (Å²) in [5, 5.41) is 0. The lowest BCUT2D eigenvalue weighted by Gasteiger charge is -2.28. The number of hydrogen-bond acceptors (Lipinski definition) is 4. The van der Waals surface area contributed by atoms with Gasteiger partial charge in [-0.05, 0) is 37.8 Å². The number of carbonyl (C=O) groups is 2. The van der Waals surface area contributed by atoms with Crippen LogP contribution in [0.3, 0.4) is 0 Å². The lowest BCUT2D eigenvalue weighted by Crippen LogP contribution is -2.45. The van der Waals surface area contributed by atoms with E-state index in [1.54, 1.807) is 22.1 Å². The van der Waals surface area contributed by atoms with Crippen LogP contribution in [0.25, 0.3) is 0 Å². The van der Waals surface area contributed by atoms with Crippen molar-refractivity contribution in [1.29, 1.82) is 0 Å². The van der Waals surface area contributed by atoms with Gasteiger partial charge in [-0.3, -0.25) is 9.59 Å².